The number of anilines is 1. The molecule has 0 bridgehead atoms. The van der Waals surface area contributed by atoms with E-state index in [1.54, 1.807) is 18.2 Å². The normalized spacial score (nSPS) is 15.8. The number of nitrogens with zero attached hydrogens (tertiary/aromatic N) is 2. The number of nitro benzene ring substituents is 1. The number of nitro groups is 1. The van der Waals surface area contributed by atoms with Gasteiger partial charge in [-0.1, -0.05) is 19.1 Å². The van der Waals surface area contributed by atoms with E-state index in [4.69, 9.17) is 0 Å². The van der Waals surface area contributed by atoms with Gasteiger partial charge in [0.05, 0.1) is 15.9 Å². The first-order valence-corrected chi connectivity index (χ1v) is 7.67. The second-order valence-corrected chi connectivity index (χ2v) is 6.06. The second-order valence-electron chi connectivity index (χ2n) is 6.06. The molecule has 6 nitrogen and oxygen atoms in total. The zero-order valence-electron chi connectivity index (χ0n) is 12.9. The van der Waals surface area contributed by atoms with Crippen LogP contribution in [0.15, 0.2) is 30.3 Å². The van der Waals surface area contributed by atoms with E-state index < -0.39 is 10.9 Å². The van der Waals surface area contributed by atoms with E-state index >= 15 is 0 Å². The lowest BCUT2D eigenvalue weighted by molar-refractivity contribution is -0.383. The van der Waals surface area contributed by atoms with Gasteiger partial charge in [-0.2, -0.15) is 0 Å². The van der Waals surface area contributed by atoms with Crippen molar-refractivity contribution in [2.75, 3.05) is 18.0 Å². The van der Waals surface area contributed by atoms with Gasteiger partial charge in [0, 0.05) is 30.2 Å². The fourth-order valence-electron chi connectivity index (χ4n) is 3.23. The lowest BCUT2D eigenvalue weighted by Gasteiger charge is -2.33. The molecule has 0 aliphatic carbocycles. The molecule has 0 aromatic heterocycles. The van der Waals surface area contributed by atoms with E-state index in [1.807, 2.05) is 0 Å². The first-order chi connectivity index (χ1) is 11.0. The van der Waals surface area contributed by atoms with Crippen molar-refractivity contribution in [1.82, 2.24) is 0 Å². The molecule has 0 saturated carbocycles. The summed E-state index contributed by atoms with van der Waals surface area (Å²) >= 11 is 0. The van der Waals surface area contributed by atoms with Crippen molar-refractivity contribution in [3.63, 3.8) is 0 Å². The summed E-state index contributed by atoms with van der Waals surface area (Å²) in [5.74, 6) is -0.478. The van der Waals surface area contributed by atoms with Crippen molar-refractivity contribution in [3.05, 3.63) is 46.0 Å². The van der Waals surface area contributed by atoms with Crippen molar-refractivity contribution >= 4 is 28.1 Å². The van der Waals surface area contributed by atoms with Gasteiger partial charge in [0.2, 0.25) is 0 Å². The predicted octanol–water partition coefficient (Wildman–Crippen LogP) is 3.68. The van der Waals surface area contributed by atoms with Crippen LogP contribution in [0.25, 0.3) is 10.8 Å². The Kier molecular flexibility index (Phi) is 3.90. The van der Waals surface area contributed by atoms with Crippen molar-refractivity contribution in [2.24, 2.45) is 5.92 Å². The lowest BCUT2D eigenvalue weighted by Crippen LogP contribution is -2.32. The van der Waals surface area contributed by atoms with Crippen LogP contribution in [0.2, 0.25) is 0 Å². The van der Waals surface area contributed by atoms with Crippen LogP contribution in [-0.4, -0.2) is 29.1 Å². The average Bonchev–Trinajstić information content (AvgIpc) is 2.53. The Balaban J connectivity index is 2.21. The van der Waals surface area contributed by atoms with E-state index in [0.717, 1.165) is 31.6 Å². The Hall–Kier alpha value is -2.63. The van der Waals surface area contributed by atoms with Gasteiger partial charge in [-0.3, -0.25) is 10.1 Å². The van der Waals surface area contributed by atoms with E-state index in [-0.39, 0.29) is 16.6 Å². The average molecular weight is 314 g/mol. The molecule has 0 unspecified atom stereocenters. The molecular formula is C17H18N2O4. The molecule has 3 rings (SSSR count). The van der Waals surface area contributed by atoms with E-state index in [0.29, 0.717) is 11.3 Å². The number of carbonyl (C=O) groups is 1. The van der Waals surface area contributed by atoms with E-state index in [9.17, 15) is 20.0 Å². The highest BCUT2D eigenvalue weighted by atomic mass is 16.6. The Morgan fingerprint density at radius 3 is 2.57 bits per heavy atom. The minimum Gasteiger partial charge on any atom is -0.478 e. The van der Waals surface area contributed by atoms with Gasteiger partial charge < -0.3 is 10.0 Å². The molecule has 1 heterocycles. The summed E-state index contributed by atoms with van der Waals surface area (Å²) in [5.41, 5.74) is 0.689. The second kappa shape index (κ2) is 5.87. The highest BCUT2D eigenvalue weighted by Crippen LogP contribution is 2.37. The SMILES string of the molecule is CC1CCN(c2ccc([N+](=O)[O-])c3c(C(=O)O)cccc23)CC1. The number of hydrogen-bond acceptors (Lipinski definition) is 4. The third-order valence-electron chi connectivity index (χ3n) is 4.55. The molecular weight excluding hydrogens is 296 g/mol. The highest BCUT2D eigenvalue weighted by molar-refractivity contribution is 6.11. The van der Waals surface area contributed by atoms with Gasteiger partial charge in [-0.25, -0.2) is 4.79 Å². The zero-order chi connectivity index (χ0) is 16.6. The van der Waals surface area contributed by atoms with Crippen LogP contribution in [-0.2, 0) is 0 Å². The minimum atomic E-state index is -1.15. The number of benzene rings is 2. The Bertz CT molecular complexity index is 759. The Morgan fingerprint density at radius 1 is 1.26 bits per heavy atom. The van der Waals surface area contributed by atoms with Crippen LogP contribution in [0, 0.1) is 16.0 Å². The van der Waals surface area contributed by atoms with Crippen LogP contribution in [0.3, 0.4) is 0 Å². The first kappa shape index (κ1) is 15.3. The zero-order valence-corrected chi connectivity index (χ0v) is 12.9. The van der Waals surface area contributed by atoms with Crippen LogP contribution < -0.4 is 4.90 Å². The third-order valence-corrected chi connectivity index (χ3v) is 4.55. The summed E-state index contributed by atoms with van der Waals surface area (Å²) in [6.07, 6.45) is 2.13. The summed E-state index contributed by atoms with van der Waals surface area (Å²) < 4.78 is 0. The summed E-state index contributed by atoms with van der Waals surface area (Å²) in [7, 11) is 0. The highest BCUT2D eigenvalue weighted by Gasteiger charge is 2.24. The molecule has 1 aliphatic heterocycles. The predicted molar refractivity (Wildman–Crippen MR) is 88.2 cm³/mol. The van der Waals surface area contributed by atoms with Crippen LogP contribution >= 0.6 is 0 Å². The smallest absolute Gasteiger partial charge is 0.336 e. The summed E-state index contributed by atoms with van der Waals surface area (Å²) in [4.78, 5) is 24.5. The van der Waals surface area contributed by atoms with Crippen molar-refractivity contribution < 1.29 is 14.8 Å². The molecule has 0 spiro atoms. The standard InChI is InChI=1S/C17H18N2O4/c1-11-7-9-18(10-8-11)14-5-6-15(19(22)23)16-12(14)3-2-4-13(16)17(20)21/h2-6,11H,7-10H2,1H3,(H,20,21). The molecule has 6 heteroatoms. The number of non-ortho nitro benzene ring substituents is 1. The Labute approximate surface area is 133 Å². The van der Waals surface area contributed by atoms with Gasteiger partial charge in [-0.15, -0.1) is 0 Å². The molecule has 1 N–H and O–H groups in total. The fourth-order valence-corrected chi connectivity index (χ4v) is 3.23. The number of fused-ring (bicyclic) bond motifs is 1. The van der Waals surface area contributed by atoms with Crippen LogP contribution in [0.4, 0.5) is 11.4 Å². The maximum absolute atomic E-state index is 11.5. The van der Waals surface area contributed by atoms with Crippen molar-refractivity contribution in [1.29, 1.82) is 0 Å². The topological polar surface area (TPSA) is 83.7 Å². The van der Waals surface area contributed by atoms with Gasteiger partial charge in [-0.05, 0) is 30.9 Å². The molecule has 120 valence electrons. The van der Waals surface area contributed by atoms with Crippen molar-refractivity contribution in [2.45, 2.75) is 19.8 Å². The maximum Gasteiger partial charge on any atom is 0.336 e. The number of aromatic carboxylic acids is 1. The van der Waals surface area contributed by atoms with Crippen LogP contribution in [0.1, 0.15) is 30.1 Å². The fraction of sp³-hybridized carbons (Fsp3) is 0.353. The van der Waals surface area contributed by atoms with Crippen LogP contribution in [0.5, 0.6) is 0 Å². The van der Waals surface area contributed by atoms with E-state index in [2.05, 4.69) is 11.8 Å². The van der Waals surface area contributed by atoms with Crippen molar-refractivity contribution in [3.8, 4) is 0 Å². The molecule has 2 aromatic carbocycles. The molecule has 1 fully saturated rings. The number of hydrogen-bond donors (Lipinski definition) is 1. The molecule has 0 atom stereocenters. The number of carboxylic acids is 1. The monoisotopic (exact) mass is 314 g/mol. The van der Waals surface area contributed by atoms with E-state index in [1.165, 1.54) is 12.1 Å². The first-order valence-electron chi connectivity index (χ1n) is 7.67. The van der Waals surface area contributed by atoms with Gasteiger partial charge in [0.15, 0.2) is 0 Å². The molecule has 23 heavy (non-hydrogen) atoms. The molecule has 0 amide bonds. The number of rotatable bonds is 3. The summed E-state index contributed by atoms with van der Waals surface area (Å²) in [5, 5.41) is 21.6. The number of piperidine rings is 1. The molecule has 0 radical (unpaired) electrons. The third kappa shape index (κ3) is 2.72. The van der Waals surface area contributed by atoms with Gasteiger partial charge in [0.25, 0.3) is 5.69 Å². The summed E-state index contributed by atoms with van der Waals surface area (Å²) in [6.45, 7) is 3.98. The molecule has 1 aliphatic rings. The quantitative estimate of drug-likeness (QED) is 0.690. The number of carboxylic acid groups (broad SMARTS) is 1. The Morgan fingerprint density at radius 2 is 1.96 bits per heavy atom. The largest absolute Gasteiger partial charge is 0.478 e. The molecule has 2 aromatic rings. The van der Waals surface area contributed by atoms with Gasteiger partial charge >= 0.3 is 5.97 Å². The maximum atomic E-state index is 11.5. The molecule has 1 saturated heterocycles. The lowest BCUT2D eigenvalue weighted by atomic mass is 9.96. The van der Waals surface area contributed by atoms with Gasteiger partial charge in [0.1, 0.15) is 0 Å². The minimum absolute atomic E-state index is 0.0265. The summed E-state index contributed by atoms with van der Waals surface area (Å²) in [6, 6.07) is 7.98.